The molecule has 1 heterocycles. The van der Waals surface area contributed by atoms with Crippen LogP contribution in [0.25, 0.3) is 6.08 Å². The number of rotatable bonds is 8. The van der Waals surface area contributed by atoms with Crippen LogP contribution in [0.4, 0.5) is 4.39 Å². The van der Waals surface area contributed by atoms with E-state index in [9.17, 15) is 9.18 Å². The third kappa shape index (κ3) is 5.76. The number of ether oxygens (including phenoxy) is 1. The highest BCUT2D eigenvalue weighted by Gasteiger charge is 2.06. The van der Waals surface area contributed by atoms with Crippen molar-refractivity contribution in [2.24, 2.45) is 0 Å². The maximum Gasteiger partial charge on any atom is 0.185 e. The average Bonchev–Trinajstić information content (AvgIpc) is 3.26. The first-order chi connectivity index (χ1) is 15.6. The highest BCUT2D eigenvalue weighted by atomic mass is 79.9. The van der Waals surface area contributed by atoms with Crippen LogP contribution < -0.4 is 4.74 Å². The molecule has 32 heavy (non-hydrogen) atoms. The lowest BCUT2D eigenvalue weighted by Crippen LogP contribution is -2.02. The molecule has 3 aromatic carbocycles. The first-order valence-electron chi connectivity index (χ1n) is 9.90. The minimum absolute atomic E-state index is 0.0590. The van der Waals surface area contributed by atoms with Gasteiger partial charge in [0.15, 0.2) is 5.78 Å². The van der Waals surface area contributed by atoms with Gasteiger partial charge in [0.1, 0.15) is 23.9 Å². The highest BCUT2D eigenvalue weighted by Crippen LogP contribution is 2.16. The molecule has 5 nitrogen and oxygen atoms in total. The number of aromatic nitrogens is 3. The van der Waals surface area contributed by atoms with Crippen molar-refractivity contribution in [2.45, 2.75) is 13.2 Å². The van der Waals surface area contributed by atoms with Crippen LogP contribution >= 0.6 is 15.9 Å². The van der Waals surface area contributed by atoms with Crippen LogP contribution in [0.1, 0.15) is 27.2 Å². The average molecular weight is 492 g/mol. The summed E-state index contributed by atoms with van der Waals surface area (Å²) in [5, 5.41) is 8.10. The second-order valence-corrected chi connectivity index (χ2v) is 7.98. The van der Waals surface area contributed by atoms with Gasteiger partial charge in [-0.15, -0.1) is 5.10 Å². The SMILES string of the molecule is O=C(/C=C/c1ccc(OCc2cn(Cc3ccccc3F)nn2)cc1)c1ccc(Br)cc1. The number of hydrogen-bond acceptors (Lipinski definition) is 4. The zero-order valence-electron chi connectivity index (χ0n) is 17.0. The van der Waals surface area contributed by atoms with E-state index >= 15 is 0 Å². The van der Waals surface area contributed by atoms with E-state index in [1.807, 2.05) is 36.4 Å². The Labute approximate surface area is 193 Å². The summed E-state index contributed by atoms with van der Waals surface area (Å²) >= 11 is 3.36. The lowest BCUT2D eigenvalue weighted by atomic mass is 10.1. The summed E-state index contributed by atoms with van der Waals surface area (Å²) < 4.78 is 22.0. The zero-order valence-corrected chi connectivity index (χ0v) is 18.6. The summed E-state index contributed by atoms with van der Waals surface area (Å²) in [6, 6.07) is 21.2. The Morgan fingerprint density at radius 1 is 1.03 bits per heavy atom. The molecule has 0 saturated carbocycles. The third-order valence-electron chi connectivity index (χ3n) is 4.70. The van der Waals surface area contributed by atoms with E-state index in [0.717, 1.165) is 10.0 Å². The quantitative estimate of drug-likeness (QED) is 0.234. The van der Waals surface area contributed by atoms with E-state index < -0.39 is 0 Å². The Bertz CT molecular complexity index is 1230. The summed E-state index contributed by atoms with van der Waals surface area (Å²) in [6.07, 6.45) is 5.05. The van der Waals surface area contributed by atoms with E-state index in [1.54, 1.807) is 53.4 Å². The van der Waals surface area contributed by atoms with E-state index in [1.165, 1.54) is 6.07 Å². The first-order valence-corrected chi connectivity index (χ1v) is 10.7. The van der Waals surface area contributed by atoms with E-state index in [-0.39, 0.29) is 18.2 Å². The van der Waals surface area contributed by atoms with Crippen LogP contribution in [0.2, 0.25) is 0 Å². The fourth-order valence-electron chi connectivity index (χ4n) is 3.00. The topological polar surface area (TPSA) is 57.0 Å². The van der Waals surface area contributed by atoms with Gasteiger partial charge in [-0.05, 0) is 54.1 Å². The van der Waals surface area contributed by atoms with E-state index in [0.29, 0.717) is 29.1 Å². The Hall–Kier alpha value is -3.58. The summed E-state index contributed by atoms with van der Waals surface area (Å²) in [5.74, 6) is 0.342. The van der Waals surface area contributed by atoms with Gasteiger partial charge in [0.05, 0.1) is 12.7 Å². The predicted molar refractivity (Wildman–Crippen MR) is 124 cm³/mol. The van der Waals surface area contributed by atoms with Gasteiger partial charge in [-0.1, -0.05) is 57.6 Å². The van der Waals surface area contributed by atoms with Gasteiger partial charge < -0.3 is 4.74 Å². The lowest BCUT2D eigenvalue weighted by Gasteiger charge is -2.04. The molecule has 0 radical (unpaired) electrons. The standard InChI is InChI=1S/C25H19BrFN3O2/c26-21-10-8-19(9-11-21)25(31)14-7-18-5-12-23(13-6-18)32-17-22-16-30(29-28-22)15-20-3-1-2-4-24(20)27/h1-14,16H,15,17H2/b14-7+. The van der Waals surface area contributed by atoms with Gasteiger partial charge in [-0.3, -0.25) is 4.79 Å². The van der Waals surface area contributed by atoms with E-state index in [2.05, 4.69) is 26.2 Å². The fraction of sp³-hybridized carbons (Fsp3) is 0.0800. The van der Waals surface area contributed by atoms with Gasteiger partial charge in [-0.2, -0.15) is 0 Å². The molecule has 160 valence electrons. The molecule has 0 amide bonds. The van der Waals surface area contributed by atoms with Crippen molar-refractivity contribution in [1.82, 2.24) is 15.0 Å². The number of carbonyl (C=O) groups is 1. The number of nitrogens with zero attached hydrogens (tertiary/aromatic N) is 3. The minimum Gasteiger partial charge on any atom is -0.487 e. The molecule has 1 aromatic heterocycles. The number of allylic oxidation sites excluding steroid dienone is 1. The van der Waals surface area contributed by atoms with Crippen molar-refractivity contribution < 1.29 is 13.9 Å². The Morgan fingerprint density at radius 2 is 1.78 bits per heavy atom. The number of ketones is 1. The molecule has 4 aromatic rings. The molecular weight excluding hydrogens is 473 g/mol. The van der Waals surface area contributed by atoms with Crippen molar-refractivity contribution in [3.8, 4) is 5.75 Å². The third-order valence-corrected chi connectivity index (χ3v) is 5.23. The molecule has 0 bridgehead atoms. The van der Waals surface area contributed by atoms with Crippen LogP contribution in [0.15, 0.2) is 89.5 Å². The summed E-state index contributed by atoms with van der Waals surface area (Å²) in [6.45, 7) is 0.550. The van der Waals surface area contributed by atoms with Gasteiger partial charge in [-0.25, -0.2) is 9.07 Å². The van der Waals surface area contributed by atoms with Gasteiger partial charge in [0.25, 0.3) is 0 Å². The number of halogens is 2. The molecule has 0 aliphatic rings. The molecule has 7 heteroatoms. The molecule has 0 unspecified atom stereocenters. The summed E-state index contributed by atoms with van der Waals surface area (Å²) in [5.41, 5.74) is 2.71. The molecule has 0 spiro atoms. The lowest BCUT2D eigenvalue weighted by molar-refractivity contribution is 0.104. The molecule has 4 rings (SSSR count). The van der Waals surface area contributed by atoms with Crippen molar-refractivity contribution in [2.75, 3.05) is 0 Å². The van der Waals surface area contributed by atoms with Crippen molar-refractivity contribution in [3.05, 3.63) is 118 Å². The Kier molecular flexibility index (Phi) is 6.87. The monoisotopic (exact) mass is 491 g/mol. The molecule has 0 N–H and O–H groups in total. The zero-order chi connectivity index (χ0) is 22.3. The predicted octanol–water partition coefficient (Wildman–Crippen LogP) is 5.70. The summed E-state index contributed by atoms with van der Waals surface area (Å²) in [7, 11) is 0. The molecular formula is C25H19BrFN3O2. The molecule has 0 aliphatic carbocycles. The Morgan fingerprint density at radius 3 is 2.53 bits per heavy atom. The maximum atomic E-state index is 13.8. The first kappa shape index (κ1) is 21.6. The van der Waals surface area contributed by atoms with Crippen LogP contribution in [-0.2, 0) is 13.2 Å². The number of benzene rings is 3. The molecule has 0 fully saturated rings. The second kappa shape index (κ2) is 10.2. The van der Waals surface area contributed by atoms with Crippen molar-refractivity contribution >= 4 is 27.8 Å². The minimum atomic E-state index is -0.270. The van der Waals surface area contributed by atoms with Crippen LogP contribution in [0.3, 0.4) is 0 Å². The van der Waals surface area contributed by atoms with Gasteiger partial charge >= 0.3 is 0 Å². The normalized spacial score (nSPS) is 11.1. The van der Waals surface area contributed by atoms with Crippen molar-refractivity contribution in [1.29, 1.82) is 0 Å². The molecule has 0 aliphatic heterocycles. The smallest absolute Gasteiger partial charge is 0.185 e. The van der Waals surface area contributed by atoms with Crippen molar-refractivity contribution in [3.63, 3.8) is 0 Å². The fourth-order valence-corrected chi connectivity index (χ4v) is 3.26. The Balaban J connectivity index is 1.30. The largest absolute Gasteiger partial charge is 0.487 e. The van der Waals surface area contributed by atoms with Crippen LogP contribution in [0.5, 0.6) is 5.75 Å². The highest BCUT2D eigenvalue weighted by molar-refractivity contribution is 9.10. The molecule has 0 atom stereocenters. The number of carbonyl (C=O) groups excluding carboxylic acids is 1. The molecule has 0 saturated heterocycles. The van der Waals surface area contributed by atoms with Gasteiger partial charge in [0.2, 0.25) is 0 Å². The van der Waals surface area contributed by atoms with Crippen LogP contribution in [0, 0.1) is 5.82 Å². The maximum absolute atomic E-state index is 13.8. The second-order valence-electron chi connectivity index (χ2n) is 7.06. The van der Waals surface area contributed by atoms with Gasteiger partial charge in [0, 0.05) is 15.6 Å². The van der Waals surface area contributed by atoms with E-state index in [4.69, 9.17) is 4.74 Å². The summed E-state index contributed by atoms with van der Waals surface area (Å²) in [4.78, 5) is 12.2. The van der Waals surface area contributed by atoms with Crippen LogP contribution in [-0.4, -0.2) is 20.8 Å². The number of hydrogen-bond donors (Lipinski definition) is 0.